The third-order valence-electron chi connectivity index (χ3n) is 5.14. The van der Waals surface area contributed by atoms with E-state index in [0.717, 1.165) is 35.7 Å². The van der Waals surface area contributed by atoms with Gasteiger partial charge in [0.15, 0.2) is 11.5 Å². The van der Waals surface area contributed by atoms with Crippen LogP contribution in [0.4, 0.5) is 0 Å². The first-order chi connectivity index (χ1) is 13.3. The summed E-state index contributed by atoms with van der Waals surface area (Å²) in [7, 11) is 0. The highest BCUT2D eigenvalue weighted by Gasteiger charge is 2.23. The smallest absolute Gasteiger partial charge is 0.273 e. The maximum atomic E-state index is 12.7. The molecule has 2 aromatic heterocycles. The van der Waals surface area contributed by atoms with Crippen molar-refractivity contribution in [1.82, 2.24) is 20.7 Å². The molecule has 6 heteroatoms. The van der Waals surface area contributed by atoms with Crippen molar-refractivity contribution < 1.29 is 9.32 Å². The molecule has 1 amide bonds. The van der Waals surface area contributed by atoms with Gasteiger partial charge in [0.25, 0.3) is 5.91 Å². The van der Waals surface area contributed by atoms with Crippen molar-refractivity contribution >= 4 is 16.8 Å². The normalized spacial score (nSPS) is 16.2. The summed E-state index contributed by atoms with van der Waals surface area (Å²) >= 11 is 0. The molecule has 4 aromatic rings. The number of hydrogen-bond acceptors (Lipinski definition) is 4. The molecule has 6 nitrogen and oxygen atoms in total. The van der Waals surface area contributed by atoms with Crippen molar-refractivity contribution in [2.45, 2.75) is 25.3 Å². The summed E-state index contributed by atoms with van der Waals surface area (Å²) in [6.45, 7) is 0. The van der Waals surface area contributed by atoms with Gasteiger partial charge in [-0.1, -0.05) is 29.4 Å². The van der Waals surface area contributed by atoms with Crippen molar-refractivity contribution in [3.05, 3.63) is 71.5 Å². The van der Waals surface area contributed by atoms with Gasteiger partial charge in [-0.2, -0.15) is 5.10 Å². The minimum Gasteiger partial charge on any atom is -0.355 e. The molecule has 0 saturated heterocycles. The van der Waals surface area contributed by atoms with Crippen LogP contribution >= 0.6 is 0 Å². The number of carbonyl (C=O) groups excluding carboxylic acids is 1. The molecule has 27 heavy (non-hydrogen) atoms. The molecule has 0 aliphatic heterocycles. The molecule has 0 radical (unpaired) electrons. The van der Waals surface area contributed by atoms with Crippen LogP contribution in [-0.2, 0) is 6.42 Å². The fraction of sp³-hybridized carbons (Fsp3) is 0.190. The number of nitrogens with zero attached hydrogens (tertiary/aromatic N) is 2. The lowest BCUT2D eigenvalue weighted by Gasteiger charge is -2.25. The Balaban J connectivity index is 1.37. The van der Waals surface area contributed by atoms with Crippen molar-refractivity contribution in [3.63, 3.8) is 0 Å². The third kappa shape index (κ3) is 2.89. The van der Waals surface area contributed by atoms with Gasteiger partial charge in [-0.15, -0.1) is 0 Å². The van der Waals surface area contributed by atoms with Gasteiger partial charge in [0.05, 0.1) is 17.8 Å². The van der Waals surface area contributed by atoms with Crippen LogP contribution in [-0.4, -0.2) is 21.3 Å². The first kappa shape index (κ1) is 15.8. The highest BCUT2D eigenvalue weighted by atomic mass is 16.5. The third-order valence-corrected chi connectivity index (χ3v) is 5.14. The second kappa shape index (κ2) is 6.39. The van der Waals surface area contributed by atoms with Gasteiger partial charge >= 0.3 is 0 Å². The summed E-state index contributed by atoms with van der Waals surface area (Å²) in [5.41, 5.74) is 4.61. The van der Waals surface area contributed by atoms with Crippen molar-refractivity contribution in [2.75, 3.05) is 0 Å². The zero-order valence-corrected chi connectivity index (χ0v) is 14.6. The fourth-order valence-corrected chi connectivity index (χ4v) is 3.75. The standard InChI is InChI=1S/C21H18N4O2/c26-21(23-18-7-3-5-13-4-1-2-6-16(13)18)19-11-20(27-25-19)14-8-9-17-15(10-14)12-22-24-17/h1-2,4,6,8-12,18H,3,5,7H2,(H,22,24)(H,23,26). The van der Waals surface area contributed by atoms with E-state index in [1.165, 1.54) is 11.1 Å². The van der Waals surface area contributed by atoms with Crippen molar-refractivity contribution in [3.8, 4) is 11.3 Å². The average Bonchev–Trinajstić information content (AvgIpc) is 3.37. The van der Waals surface area contributed by atoms with E-state index >= 15 is 0 Å². The Morgan fingerprint density at radius 3 is 3.07 bits per heavy atom. The summed E-state index contributed by atoms with van der Waals surface area (Å²) in [6, 6.07) is 15.8. The molecular weight excluding hydrogens is 340 g/mol. The molecular formula is C21H18N4O2. The largest absolute Gasteiger partial charge is 0.355 e. The molecule has 1 unspecified atom stereocenters. The van der Waals surface area contributed by atoms with E-state index in [2.05, 4.69) is 32.8 Å². The van der Waals surface area contributed by atoms with Crippen LogP contribution in [0.15, 0.2) is 59.3 Å². The van der Waals surface area contributed by atoms with Gasteiger partial charge in [0, 0.05) is 17.0 Å². The summed E-state index contributed by atoms with van der Waals surface area (Å²) in [6.07, 6.45) is 4.82. The Bertz CT molecular complexity index is 1130. The molecule has 2 heterocycles. The highest BCUT2D eigenvalue weighted by molar-refractivity contribution is 5.93. The molecule has 0 fully saturated rings. The lowest BCUT2D eigenvalue weighted by molar-refractivity contribution is 0.0923. The number of aromatic amines is 1. The van der Waals surface area contributed by atoms with Gasteiger partial charge < -0.3 is 9.84 Å². The monoisotopic (exact) mass is 358 g/mol. The van der Waals surface area contributed by atoms with Crippen LogP contribution in [0.1, 0.15) is 40.5 Å². The van der Waals surface area contributed by atoms with E-state index in [1.54, 1.807) is 12.3 Å². The predicted octanol–water partition coefficient (Wildman–Crippen LogP) is 4.03. The number of nitrogens with one attached hydrogen (secondary N) is 2. The molecule has 2 aromatic carbocycles. The first-order valence-corrected chi connectivity index (χ1v) is 9.07. The highest BCUT2D eigenvalue weighted by Crippen LogP contribution is 2.30. The zero-order valence-electron chi connectivity index (χ0n) is 14.6. The van der Waals surface area contributed by atoms with Gasteiger partial charge in [-0.05, 0) is 48.6 Å². The lowest BCUT2D eigenvalue weighted by atomic mass is 9.87. The van der Waals surface area contributed by atoms with Crippen LogP contribution in [0.5, 0.6) is 0 Å². The molecule has 0 bridgehead atoms. The number of aromatic nitrogens is 3. The van der Waals surface area contributed by atoms with Crippen LogP contribution in [0, 0.1) is 0 Å². The lowest BCUT2D eigenvalue weighted by Crippen LogP contribution is -2.31. The van der Waals surface area contributed by atoms with Gasteiger partial charge in [0.2, 0.25) is 0 Å². The predicted molar refractivity (Wildman–Crippen MR) is 101 cm³/mol. The Kier molecular flexibility index (Phi) is 3.74. The second-order valence-corrected chi connectivity index (χ2v) is 6.87. The Morgan fingerprint density at radius 2 is 2.11 bits per heavy atom. The Morgan fingerprint density at radius 1 is 1.19 bits per heavy atom. The van der Waals surface area contributed by atoms with Crippen molar-refractivity contribution in [2.24, 2.45) is 0 Å². The van der Waals surface area contributed by atoms with E-state index in [0.29, 0.717) is 11.5 Å². The number of aryl methyl sites for hydroxylation is 1. The summed E-state index contributed by atoms with van der Waals surface area (Å²) in [5, 5.41) is 15.0. The SMILES string of the molecule is O=C(NC1CCCc2ccccc21)c1cc(-c2ccc3[nH]ncc3c2)on1. The molecule has 1 aliphatic rings. The van der Waals surface area contributed by atoms with Crippen LogP contribution in [0.2, 0.25) is 0 Å². The number of carbonyl (C=O) groups is 1. The number of H-pyrrole nitrogens is 1. The maximum Gasteiger partial charge on any atom is 0.273 e. The van der Waals surface area contributed by atoms with Gasteiger partial charge in [0.1, 0.15) is 0 Å². The molecule has 1 atom stereocenters. The Labute approximate surface area is 155 Å². The quantitative estimate of drug-likeness (QED) is 0.579. The topological polar surface area (TPSA) is 83.8 Å². The average molecular weight is 358 g/mol. The molecule has 134 valence electrons. The molecule has 1 aliphatic carbocycles. The number of amides is 1. The summed E-state index contributed by atoms with van der Waals surface area (Å²) in [4.78, 5) is 12.7. The number of rotatable bonds is 3. The fourth-order valence-electron chi connectivity index (χ4n) is 3.75. The van der Waals surface area contributed by atoms with Gasteiger partial charge in [-0.3, -0.25) is 9.89 Å². The molecule has 0 saturated carbocycles. The number of hydrogen-bond donors (Lipinski definition) is 2. The number of benzene rings is 2. The van der Waals surface area contributed by atoms with Crippen molar-refractivity contribution in [1.29, 1.82) is 0 Å². The molecule has 5 rings (SSSR count). The van der Waals surface area contributed by atoms with Crippen LogP contribution in [0.25, 0.3) is 22.2 Å². The first-order valence-electron chi connectivity index (χ1n) is 9.07. The van der Waals surface area contributed by atoms with Gasteiger partial charge in [-0.25, -0.2) is 0 Å². The zero-order chi connectivity index (χ0) is 18.2. The Hall–Kier alpha value is -3.41. The minimum atomic E-state index is -0.212. The van der Waals surface area contributed by atoms with E-state index < -0.39 is 0 Å². The summed E-state index contributed by atoms with van der Waals surface area (Å²) < 4.78 is 5.41. The van der Waals surface area contributed by atoms with E-state index in [9.17, 15) is 4.79 Å². The number of fused-ring (bicyclic) bond motifs is 2. The van der Waals surface area contributed by atoms with Crippen LogP contribution in [0.3, 0.4) is 0 Å². The maximum absolute atomic E-state index is 12.7. The summed E-state index contributed by atoms with van der Waals surface area (Å²) in [5.74, 6) is 0.350. The second-order valence-electron chi connectivity index (χ2n) is 6.87. The molecule has 0 spiro atoms. The van der Waals surface area contributed by atoms with E-state index in [-0.39, 0.29) is 11.9 Å². The minimum absolute atomic E-state index is 0.0184. The van der Waals surface area contributed by atoms with E-state index in [1.807, 2.05) is 30.3 Å². The van der Waals surface area contributed by atoms with Crippen LogP contribution < -0.4 is 5.32 Å². The van der Waals surface area contributed by atoms with E-state index in [4.69, 9.17) is 4.52 Å². The molecule has 2 N–H and O–H groups in total.